The smallest absolute Gasteiger partial charge is 0.665 e. The molecule has 2 aromatic heterocycles. The first-order valence-electron chi connectivity index (χ1n) is 12.0. The second-order valence-corrected chi connectivity index (χ2v) is 9.30. The summed E-state index contributed by atoms with van der Waals surface area (Å²) < 4.78 is 38.4. The number of aromatic nitrogens is 4. The van der Waals surface area contributed by atoms with Crippen LogP contribution >= 0.6 is 0 Å². The molecular weight excluding hydrogens is 599 g/mol. The summed E-state index contributed by atoms with van der Waals surface area (Å²) in [6.45, 7) is 0.872. The molecule has 3 N–H and O–H groups in total. The fraction of sp³-hybridized carbons (Fsp3) is 0.0714. The number of nitrogens with one attached hydrogen (secondary N) is 2. The largest absolute Gasteiger partial charge is 1.00 e. The van der Waals surface area contributed by atoms with Crippen molar-refractivity contribution in [2.45, 2.75) is 13.2 Å². The molecule has 0 amide bonds. The molecular formula is C28H23ClCuN6O5-. The molecule has 3 aromatic carbocycles. The second-order valence-electron chi connectivity index (χ2n) is 8.51. The third-order valence-corrected chi connectivity index (χ3v) is 5.70. The van der Waals surface area contributed by atoms with Gasteiger partial charge in [-0.25, -0.2) is 9.97 Å². The van der Waals surface area contributed by atoms with Crippen LogP contribution in [0.3, 0.4) is 0 Å². The summed E-state index contributed by atoms with van der Waals surface area (Å²) in [4.78, 5) is 15.4. The van der Waals surface area contributed by atoms with Gasteiger partial charge in [0.15, 0.2) is 0 Å². The zero-order chi connectivity index (χ0) is 28.0. The number of aromatic amines is 2. The molecule has 5 aromatic rings. The summed E-state index contributed by atoms with van der Waals surface area (Å²) in [6, 6.07) is 20.0. The van der Waals surface area contributed by atoms with Crippen LogP contribution in [0.2, 0.25) is 0 Å². The van der Waals surface area contributed by atoms with E-state index >= 15 is 0 Å². The third-order valence-electron chi connectivity index (χ3n) is 5.70. The predicted octanol–water partition coefficient (Wildman–Crippen LogP) is 1.34. The minimum absolute atomic E-state index is 0. The molecule has 0 spiro atoms. The number of allylic oxidation sites excluding steroid dienone is 2. The standard InChI is InChI=1S/C16H14N4O.C12H8N2.ClHO4.Cu/c1-2-6-12-11(5-1)17-15(18-12)9-21-10-16-19-13-7-3-4-8-14(13)20-16;1-3-9-5-6-10-4-2-8-14-12(10)11(9)13-7-1;2-1(3,4)5;/h1-8H,9-10H2,(H,17,18)(H,19,20);1-8H;(H,2,3,4,5);/q;-2;;+1. The second kappa shape index (κ2) is 13.6. The minimum Gasteiger partial charge on any atom is -0.665 e. The van der Waals surface area contributed by atoms with Crippen molar-refractivity contribution in [2.24, 2.45) is 0 Å². The van der Waals surface area contributed by atoms with E-state index < -0.39 is 10.2 Å². The molecule has 0 saturated carbocycles. The summed E-state index contributed by atoms with van der Waals surface area (Å²) in [5, 5.41) is 11.0. The molecule has 4 heterocycles. The van der Waals surface area contributed by atoms with Gasteiger partial charge in [0.25, 0.3) is 0 Å². The zero-order valence-corrected chi connectivity index (χ0v) is 22.9. The topological polar surface area (TPSA) is 184 Å². The van der Waals surface area contributed by atoms with Crippen LogP contribution in [-0.2, 0) is 35.0 Å². The molecule has 0 radical (unpaired) electrons. The number of hydrogen-bond donors (Lipinski definition) is 3. The first-order chi connectivity index (χ1) is 19.3. The zero-order valence-electron chi connectivity index (χ0n) is 21.2. The number of ether oxygens (including phenoxy) is 1. The van der Waals surface area contributed by atoms with E-state index in [0.29, 0.717) is 13.2 Å². The SMILES string of the molecule is C1=C[N-]c2c3c(ccc2=C1)=CC=C[N-]3.[Cu+].[O-][Cl+3]([O-])([O-])O.c1ccc2[nH]c(COCc3nc4ccccc4[nH]3)nc2c1. The molecule has 0 unspecified atom stereocenters. The molecule has 0 fully saturated rings. The normalized spacial score (nSPS) is 12.6. The maximum Gasteiger partial charge on any atom is 1.00 e. The van der Waals surface area contributed by atoms with E-state index in [1.165, 1.54) is 0 Å². The van der Waals surface area contributed by atoms with E-state index in [1.54, 1.807) is 12.4 Å². The van der Waals surface area contributed by atoms with Gasteiger partial charge < -0.3 is 25.3 Å². The molecule has 11 nitrogen and oxygen atoms in total. The van der Waals surface area contributed by atoms with Crippen molar-refractivity contribution in [1.82, 2.24) is 19.9 Å². The van der Waals surface area contributed by atoms with Crippen LogP contribution < -0.4 is 24.4 Å². The predicted molar refractivity (Wildman–Crippen MR) is 142 cm³/mol. The Morgan fingerprint density at radius 1 is 0.707 bits per heavy atom. The van der Waals surface area contributed by atoms with Crippen molar-refractivity contribution in [3.8, 4) is 0 Å². The van der Waals surface area contributed by atoms with E-state index in [9.17, 15) is 0 Å². The molecule has 214 valence electrons. The summed E-state index contributed by atoms with van der Waals surface area (Å²) >= 11 is 0. The Bertz CT molecular complexity index is 1620. The minimum atomic E-state index is -4.69. The van der Waals surface area contributed by atoms with Crippen molar-refractivity contribution in [1.29, 1.82) is 0 Å². The Balaban J connectivity index is 0.000000168. The van der Waals surface area contributed by atoms with Crippen LogP contribution in [0.15, 0.2) is 85.2 Å². The van der Waals surface area contributed by atoms with Crippen LogP contribution in [0.5, 0.6) is 0 Å². The van der Waals surface area contributed by atoms with Crippen molar-refractivity contribution in [3.05, 3.63) is 118 Å². The van der Waals surface area contributed by atoms with E-state index in [1.807, 2.05) is 60.7 Å². The third kappa shape index (κ3) is 8.27. The van der Waals surface area contributed by atoms with Crippen LogP contribution in [0, 0.1) is 10.2 Å². The average Bonchev–Trinajstić information content (AvgIpc) is 3.56. The maximum absolute atomic E-state index is 8.60. The average molecular weight is 623 g/mol. The Kier molecular flexibility index (Phi) is 9.95. The molecule has 0 atom stereocenters. The number of nitrogens with zero attached hydrogens (tertiary/aromatic N) is 4. The molecule has 2 aliphatic rings. The Morgan fingerprint density at radius 2 is 1.12 bits per heavy atom. The number of halogens is 1. The summed E-state index contributed by atoms with van der Waals surface area (Å²) in [5.41, 5.74) is 5.93. The number of para-hydroxylation sites is 4. The van der Waals surface area contributed by atoms with Gasteiger partial charge in [0, 0.05) is 0 Å². The van der Waals surface area contributed by atoms with E-state index in [2.05, 4.69) is 54.9 Å². The summed E-state index contributed by atoms with van der Waals surface area (Å²) in [6.07, 6.45) is 11.6. The Labute approximate surface area is 246 Å². The van der Waals surface area contributed by atoms with Gasteiger partial charge in [0.1, 0.15) is 24.9 Å². The van der Waals surface area contributed by atoms with Crippen LogP contribution in [0.4, 0.5) is 11.4 Å². The van der Waals surface area contributed by atoms with Gasteiger partial charge in [-0.15, -0.1) is 11.4 Å². The maximum atomic E-state index is 8.60. The van der Waals surface area contributed by atoms with Gasteiger partial charge in [0.05, 0.1) is 37.0 Å². The Hall–Kier alpha value is -3.97. The van der Waals surface area contributed by atoms with Crippen LogP contribution in [-0.4, -0.2) is 24.6 Å². The van der Waals surface area contributed by atoms with E-state index in [-0.39, 0.29) is 17.1 Å². The Morgan fingerprint density at radius 3 is 1.54 bits per heavy atom. The fourth-order valence-electron chi connectivity index (χ4n) is 4.07. The first kappa shape index (κ1) is 30.0. The van der Waals surface area contributed by atoms with Gasteiger partial charge in [-0.2, -0.15) is 26.4 Å². The fourth-order valence-corrected chi connectivity index (χ4v) is 4.07. The number of hydrogen-bond acceptors (Lipinski definition) is 7. The summed E-state index contributed by atoms with van der Waals surface area (Å²) in [5.74, 6) is 1.65. The molecule has 2 aliphatic heterocycles. The molecule has 13 heteroatoms. The molecule has 41 heavy (non-hydrogen) atoms. The van der Waals surface area contributed by atoms with E-state index in [0.717, 1.165) is 55.5 Å². The van der Waals surface area contributed by atoms with E-state index in [4.69, 9.17) is 23.4 Å². The van der Waals surface area contributed by atoms with Gasteiger partial charge in [0.2, 0.25) is 0 Å². The summed E-state index contributed by atoms with van der Waals surface area (Å²) in [7, 11) is -4.69. The molecule has 7 rings (SSSR count). The number of benzene rings is 3. The monoisotopic (exact) mass is 621 g/mol. The quantitative estimate of drug-likeness (QED) is 0.253. The van der Waals surface area contributed by atoms with Crippen molar-refractivity contribution in [3.63, 3.8) is 0 Å². The van der Waals surface area contributed by atoms with Gasteiger partial charge in [-0.3, -0.25) is 0 Å². The van der Waals surface area contributed by atoms with Gasteiger partial charge in [-0.05, 0) is 34.7 Å². The first-order valence-corrected chi connectivity index (χ1v) is 13.3. The van der Waals surface area contributed by atoms with Gasteiger partial charge >= 0.3 is 17.1 Å². The van der Waals surface area contributed by atoms with Gasteiger partial charge in [-0.1, -0.05) is 60.7 Å². The van der Waals surface area contributed by atoms with Crippen LogP contribution in [0.25, 0.3) is 44.9 Å². The number of H-pyrrole nitrogens is 2. The number of rotatable bonds is 4. The molecule has 0 aliphatic carbocycles. The molecule has 0 saturated heterocycles. The number of imidazole rings is 2. The van der Waals surface area contributed by atoms with Crippen molar-refractivity contribution >= 4 is 45.6 Å². The van der Waals surface area contributed by atoms with Crippen molar-refractivity contribution in [2.75, 3.05) is 0 Å². The van der Waals surface area contributed by atoms with Crippen LogP contribution in [0.1, 0.15) is 11.6 Å². The molecule has 0 bridgehead atoms. The number of fused-ring (bicyclic) bond motifs is 5. The van der Waals surface area contributed by atoms with Crippen molar-refractivity contribution < 1.29 is 50.7 Å².